The monoisotopic (exact) mass is 195 g/mol. The Bertz CT molecular complexity index is 263. The normalized spacial score (nSPS) is 31.6. The Labute approximate surface area is 83.8 Å². The lowest BCUT2D eigenvalue weighted by Crippen LogP contribution is -2.40. The molecule has 4 N–H and O–H groups in total. The van der Waals surface area contributed by atoms with E-state index in [1.165, 1.54) is 12.8 Å². The summed E-state index contributed by atoms with van der Waals surface area (Å²) in [6, 6.07) is 1.31. The fraction of sp³-hybridized carbons (Fsp3) is 0.778. The van der Waals surface area contributed by atoms with E-state index in [9.17, 15) is 0 Å². The molecular weight excluding hydrogens is 178 g/mol. The molecule has 2 heterocycles. The van der Waals surface area contributed by atoms with Gasteiger partial charge in [-0.15, -0.1) is 5.10 Å². The van der Waals surface area contributed by atoms with Crippen molar-refractivity contribution in [1.82, 2.24) is 4.90 Å². The zero-order chi connectivity index (χ0) is 10.1. The first-order valence-electron chi connectivity index (χ1n) is 5.03. The molecule has 2 unspecified atom stereocenters. The summed E-state index contributed by atoms with van der Waals surface area (Å²) in [7, 11) is 2.19. The van der Waals surface area contributed by atoms with Crippen molar-refractivity contribution in [2.45, 2.75) is 37.8 Å². The van der Waals surface area contributed by atoms with Crippen LogP contribution in [-0.2, 0) is 0 Å². The first kappa shape index (κ1) is 9.45. The lowest BCUT2D eigenvalue weighted by atomic mass is 10.0. The van der Waals surface area contributed by atoms with Crippen LogP contribution in [0.2, 0.25) is 0 Å². The Balaban J connectivity index is 2.06. The quantitative estimate of drug-likeness (QED) is 0.347. The molecular formula is C9H17N5. The molecule has 0 radical (unpaired) electrons. The van der Waals surface area contributed by atoms with Crippen molar-refractivity contribution < 1.29 is 0 Å². The van der Waals surface area contributed by atoms with Crippen LogP contribution in [0.15, 0.2) is 10.2 Å². The average molecular weight is 195 g/mol. The second-order valence-corrected chi connectivity index (χ2v) is 4.15. The highest BCUT2D eigenvalue weighted by Crippen LogP contribution is 2.32. The fourth-order valence-corrected chi connectivity index (χ4v) is 2.42. The zero-order valence-electron chi connectivity index (χ0n) is 8.48. The van der Waals surface area contributed by atoms with E-state index in [1.807, 2.05) is 0 Å². The molecule has 0 spiro atoms. The van der Waals surface area contributed by atoms with Gasteiger partial charge in [0.05, 0.1) is 0 Å². The first-order chi connectivity index (χ1) is 6.66. The van der Waals surface area contributed by atoms with Gasteiger partial charge in [0.2, 0.25) is 5.96 Å². The summed E-state index contributed by atoms with van der Waals surface area (Å²) in [5.74, 6) is 0.0452. The van der Waals surface area contributed by atoms with Crippen LogP contribution in [0.1, 0.15) is 25.7 Å². The largest absolute Gasteiger partial charge is 0.369 e. The molecule has 0 aromatic rings. The maximum Gasteiger partial charge on any atom is 0.211 e. The number of guanidine groups is 1. The fourth-order valence-electron chi connectivity index (χ4n) is 2.42. The Kier molecular flexibility index (Phi) is 2.41. The standard InChI is InChI=1S/C9H17N5/c1-14-7-2-3-8(14)5-6(4-7)12-13-9(10)11/h7-8H,2-5H2,1H3,(H4,10,11,13). The summed E-state index contributed by atoms with van der Waals surface area (Å²) in [5.41, 5.74) is 11.6. The molecule has 2 atom stereocenters. The number of fused-ring (bicyclic) bond motifs is 2. The van der Waals surface area contributed by atoms with Crippen LogP contribution >= 0.6 is 0 Å². The van der Waals surface area contributed by atoms with Crippen LogP contribution in [0.25, 0.3) is 0 Å². The number of hydrogen-bond acceptors (Lipinski definition) is 3. The van der Waals surface area contributed by atoms with Crippen molar-refractivity contribution in [2.24, 2.45) is 21.7 Å². The topological polar surface area (TPSA) is 80.0 Å². The van der Waals surface area contributed by atoms with Gasteiger partial charge in [0.25, 0.3) is 0 Å². The molecule has 0 aliphatic carbocycles. The van der Waals surface area contributed by atoms with Crippen molar-refractivity contribution >= 4 is 11.7 Å². The van der Waals surface area contributed by atoms with Gasteiger partial charge in [-0.05, 0) is 19.9 Å². The summed E-state index contributed by atoms with van der Waals surface area (Å²) in [6.45, 7) is 0. The highest BCUT2D eigenvalue weighted by atomic mass is 15.3. The predicted octanol–water partition coefficient (Wildman–Crippen LogP) is -0.128. The number of nitrogens with zero attached hydrogens (tertiary/aromatic N) is 3. The molecule has 2 bridgehead atoms. The molecule has 2 aliphatic heterocycles. The van der Waals surface area contributed by atoms with E-state index in [1.54, 1.807) is 0 Å². The minimum absolute atomic E-state index is 0.0452. The van der Waals surface area contributed by atoms with Crippen LogP contribution in [0.5, 0.6) is 0 Å². The number of rotatable bonds is 1. The van der Waals surface area contributed by atoms with Gasteiger partial charge in [0.1, 0.15) is 0 Å². The lowest BCUT2D eigenvalue weighted by Gasteiger charge is -2.31. The number of piperidine rings is 1. The third-order valence-corrected chi connectivity index (χ3v) is 3.23. The van der Waals surface area contributed by atoms with Crippen molar-refractivity contribution in [3.63, 3.8) is 0 Å². The maximum atomic E-state index is 5.23. The molecule has 2 rings (SSSR count). The molecule has 0 amide bonds. The van der Waals surface area contributed by atoms with E-state index in [0.29, 0.717) is 12.1 Å². The minimum Gasteiger partial charge on any atom is -0.369 e. The molecule has 78 valence electrons. The first-order valence-corrected chi connectivity index (χ1v) is 5.03. The molecule has 2 aliphatic rings. The Morgan fingerprint density at radius 1 is 1.29 bits per heavy atom. The Morgan fingerprint density at radius 2 is 1.86 bits per heavy atom. The summed E-state index contributed by atoms with van der Waals surface area (Å²) in [4.78, 5) is 2.45. The molecule has 14 heavy (non-hydrogen) atoms. The second-order valence-electron chi connectivity index (χ2n) is 4.15. The maximum absolute atomic E-state index is 5.23. The van der Waals surface area contributed by atoms with Crippen molar-refractivity contribution in [1.29, 1.82) is 0 Å². The van der Waals surface area contributed by atoms with Crippen LogP contribution in [0, 0.1) is 0 Å². The second kappa shape index (κ2) is 3.57. The zero-order valence-corrected chi connectivity index (χ0v) is 8.48. The molecule has 5 nitrogen and oxygen atoms in total. The summed E-state index contributed by atoms with van der Waals surface area (Å²) >= 11 is 0. The highest BCUT2D eigenvalue weighted by Gasteiger charge is 2.36. The SMILES string of the molecule is CN1C2CCC1CC(=NN=C(N)N)C2. The molecule has 0 aromatic heterocycles. The van der Waals surface area contributed by atoms with Crippen LogP contribution in [0.4, 0.5) is 0 Å². The average Bonchev–Trinajstić information content (AvgIpc) is 2.41. The van der Waals surface area contributed by atoms with E-state index in [4.69, 9.17) is 11.5 Å². The van der Waals surface area contributed by atoms with Crippen LogP contribution in [0.3, 0.4) is 0 Å². The molecule has 2 fully saturated rings. The smallest absolute Gasteiger partial charge is 0.211 e. The van der Waals surface area contributed by atoms with Gasteiger partial charge in [0, 0.05) is 30.6 Å². The highest BCUT2D eigenvalue weighted by molar-refractivity contribution is 5.87. The lowest BCUT2D eigenvalue weighted by molar-refractivity contribution is 0.231. The van der Waals surface area contributed by atoms with Crippen molar-refractivity contribution in [3.05, 3.63) is 0 Å². The third kappa shape index (κ3) is 1.72. The van der Waals surface area contributed by atoms with Crippen LogP contribution < -0.4 is 11.5 Å². The molecule has 0 aromatic carbocycles. The Hall–Kier alpha value is -1.10. The van der Waals surface area contributed by atoms with Gasteiger partial charge in [-0.2, -0.15) is 5.10 Å². The van der Waals surface area contributed by atoms with Crippen molar-refractivity contribution in [3.8, 4) is 0 Å². The van der Waals surface area contributed by atoms with Gasteiger partial charge < -0.3 is 11.5 Å². The molecule has 0 saturated carbocycles. The third-order valence-electron chi connectivity index (χ3n) is 3.23. The van der Waals surface area contributed by atoms with E-state index < -0.39 is 0 Å². The minimum atomic E-state index is 0.0452. The van der Waals surface area contributed by atoms with Crippen LogP contribution in [-0.4, -0.2) is 35.7 Å². The van der Waals surface area contributed by atoms with Gasteiger partial charge in [-0.25, -0.2) is 0 Å². The number of nitrogens with two attached hydrogens (primary N) is 2. The van der Waals surface area contributed by atoms with Gasteiger partial charge in [-0.1, -0.05) is 0 Å². The van der Waals surface area contributed by atoms with Crippen molar-refractivity contribution in [2.75, 3.05) is 7.05 Å². The van der Waals surface area contributed by atoms with Gasteiger partial charge in [-0.3, -0.25) is 4.90 Å². The van der Waals surface area contributed by atoms with E-state index in [2.05, 4.69) is 22.2 Å². The van der Waals surface area contributed by atoms with E-state index in [-0.39, 0.29) is 5.96 Å². The predicted molar refractivity (Wildman–Crippen MR) is 57.1 cm³/mol. The summed E-state index contributed by atoms with van der Waals surface area (Å²) in [5, 5.41) is 7.80. The molecule has 5 heteroatoms. The van der Waals surface area contributed by atoms with E-state index in [0.717, 1.165) is 18.6 Å². The van der Waals surface area contributed by atoms with Gasteiger partial charge in [0.15, 0.2) is 0 Å². The summed E-state index contributed by atoms with van der Waals surface area (Å²) in [6.07, 6.45) is 4.59. The summed E-state index contributed by atoms with van der Waals surface area (Å²) < 4.78 is 0. The van der Waals surface area contributed by atoms with E-state index >= 15 is 0 Å². The number of hydrogen-bond donors (Lipinski definition) is 2. The molecule has 2 saturated heterocycles. The Morgan fingerprint density at radius 3 is 2.36 bits per heavy atom. The van der Waals surface area contributed by atoms with Gasteiger partial charge >= 0.3 is 0 Å².